The molecule has 2 rings (SSSR count). The molecule has 0 unspecified atom stereocenters. The number of aliphatic hydroxyl groups excluding tert-OH is 1. The van der Waals surface area contributed by atoms with Crippen LogP contribution in [0.3, 0.4) is 0 Å². The van der Waals surface area contributed by atoms with E-state index in [1.165, 1.54) is 0 Å². The van der Waals surface area contributed by atoms with Gasteiger partial charge in [-0.1, -0.05) is 30.3 Å². The zero-order valence-electron chi connectivity index (χ0n) is 10.6. The number of nitrogens with zero attached hydrogens (tertiary/aromatic N) is 1. The first-order valence-corrected chi connectivity index (χ1v) is 6.62. The number of nitrogens with one attached hydrogen (secondary N) is 1. The Hall–Kier alpha value is -1.37. The SMILES string of the molecule is N#CC1(c2ccccc2)CC(NCCCCO)C1. The molecular formula is C15H20N2O. The van der Waals surface area contributed by atoms with Gasteiger partial charge in [0.1, 0.15) is 0 Å². The molecule has 3 nitrogen and oxygen atoms in total. The van der Waals surface area contributed by atoms with E-state index in [4.69, 9.17) is 5.11 Å². The van der Waals surface area contributed by atoms with Gasteiger partial charge in [0.2, 0.25) is 0 Å². The molecule has 0 aliphatic heterocycles. The quantitative estimate of drug-likeness (QED) is 0.752. The Morgan fingerprint density at radius 3 is 2.61 bits per heavy atom. The van der Waals surface area contributed by atoms with Crippen molar-refractivity contribution in [2.45, 2.75) is 37.1 Å². The minimum atomic E-state index is -0.282. The van der Waals surface area contributed by atoms with E-state index in [1.54, 1.807) is 0 Å². The van der Waals surface area contributed by atoms with Crippen LogP contribution in [0.15, 0.2) is 30.3 Å². The molecule has 0 spiro atoms. The van der Waals surface area contributed by atoms with Gasteiger partial charge in [0.25, 0.3) is 0 Å². The van der Waals surface area contributed by atoms with E-state index in [0.717, 1.165) is 37.8 Å². The highest BCUT2D eigenvalue weighted by molar-refractivity contribution is 5.36. The van der Waals surface area contributed by atoms with Gasteiger partial charge < -0.3 is 10.4 Å². The number of aliphatic hydroxyl groups is 1. The van der Waals surface area contributed by atoms with Crippen LogP contribution in [0.25, 0.3) is 0 Å². The molecule has 1 aliphatic carbocycles. The molecule has 0 bridgehead atoms. The largest absolute Gasteiger partial charge is 0.396 e. The molecule has 1 aliphatic rings. The maximum Gasteiger partial charge on any atom is 0.0852 e. The van der Waals surface area contributed by atoms with Crippen LogP contribution in [-0.2, 0) is 5.41 Å². The Morgan fingerprint density at radius 2 is 2.00 bits per heavy atom. The standard InChI is InChI=1S/C15H20N2O/c16-12-15(13-6-2-1-3-7-13)10-14(11-15)17-8-4-5-9-18/h1-3,6-7,14,17-18H,4-5,8-11H2. The van der Waals surface area contributed by atoms with E-state index in [2.05, 4.69) is 11.4 Å². The van der Waals surface area contributed by atoms with Crippen molar-refractivity contribution in [1.29, 1.82) is 5.26 Å². The first kappa shape index (κ1) is 13.1. The van der Waals surface area contributed by atoms with Crippen molar-refractivity contribution in [3.63, 3.8) is 0 Å². The lowest BCUT2D eigenvalue weighted by atomic mass is 9.62. The molecule has 0 heterocycles. The molecule has 18 heavy (non-hydrogen) atoms. The number of rotatable bonds is 6. The third-order valence-electron chi connectivity index (χ3n) is 3.75. The van der Waals surface area contributed by atoms with E-state index in [9.17, 15) is 5.26 Å². The number of hydrogen-bond donors (Lipinski definition) is 2. The van der Waals surface area contributed by atoms with Gasteiger partial charge >= 0.3 is 0 Å². The van der Waals surface area contributed by atoms with Crippen molar-refractivity contribution < 1.29 is 5.11 Å². The summed E-state index contributed by atoms with van der Waals surface area (Å²) in [6.45, 7) is 1.19. The molecule has 1 aromatic rings. The zero-order chi connectivity index (χ0) is 12.8. The maximum atomic E-state index is 9.41. The summed E-state index contributed by atoms with van der Waals surface area (Å²) in [5.74, 6) is 0. The number of unbranched alkanes of at least 4 members (excludes halogenated alkanes) is 1. The minimum absolute atomic E-state index is 0.262. The van der Waals surface area contributed by atoms with Crippen molar-refractivity contribution in [3.8, 4) is 6.07 Å². The molecule has 0 amide bonds. The summed E-state index contributed by atoms with van der Waals surface area (Å²) in [5.41, 5.74) is 0.858. The van der Waals surface area contributed by atoms with Gasteiger partial charge in [-0.2, -0.15) is 5.26 Å². The van der Waals surface area contributed by atoms with Gasteiger partial charge in [0.15, 0.2) is 0 Å². The van der Waals surface area contributed by atoms with Gasteiger partial charge in [0.05, 0.1) is 11.5 Å². The Labute approximate surface area is 108 Å². The third kappa shape index (κ3) is 2.72. The van der Waals surface area contributed by atoms with Crippen LogP contribution < -0.4 is 5.32 Å². The second-order valence-corrected chi connectivity index (χ2v) is 5.05. The molecule has 0 saturated heterocycles. The van der Waals surface area contributed by atoms with Gasteiger partial charge in [-0.25, -0.2) is 0 Å². The van der Waals surface area contributed by atoms with E-state index in [0.29, 0.717) is 6.04 Å². The summed E-state index contributed by atoms with van der Waals surface area (Å²) in [6.07, 6.45) is 3.64. The van der Waals surface area contributed by atoms with E-state index < -0.39 is 0 Å². The summed E-state index contributed by atoms with van der Waals surface area (Å²) in [5, 5.41) is 21.6. The van der Waals surface area contributed by atoms with Crippen molar-refractivity contribution in [1.82, 2.24) is 5.32 Å². The van der Waals surface area contributed by atoms with Gasteiger partial charge in [-0.15, -0.1) is 0 Å². The lowest BCUT2D eigenvalue weighted by Crippen LogP contribution is -2.51. The third-order valence-corrected chi connectivity index (χ3v) is 3.75. The zero-order valence-corrected chi connectivity index (χ0v) is 10.6. The van der Waals surface area contributed by atoms with Crippen LogP contribution in [0.4, 0.5) is 0 Å². The smallest absolute Gasteiger partial charge is 0.0852 e. The normalized spacial score (nSPS) is 26.3. The summed E-state index contributed by atoms with van der Waals surface area (Å²) in [7, 11) is 0. The van der Waals surface area contributed by atoms with Crippen LogP contribution in [0.1, 0.15) is 31.2 Å². The predicted octanol–water partition coefficient (Wildman–Crippen LogP) is 1.97. The molecule has 2 N–H and O–H groups in total. The molecule has 0 radical (unpaired) electrons. The van der Waals surface area contributed by atoms with E-state index in [-0.39, 0.29) is 12.0 Å². The Morgan fingerprint density at radius 1 is 1.28 bits per heavy atom. The van der Waals surface area contributed by atoms with Crippen molar-refractivity contribution in [2.75, 3.05) is 13.2 Å². The van der Waals surface area contributed by atoms with Crippen molar-refractivity contribution in [2.24, 2.45) is 0 Å². The van der Waals surface area contributed by atoms with Crippen LogP contribution in [0.2, 0.25) is 0 Å². The van der Waals surface area contributed by atoms with Crippen LogP contribution in [0.5, 0.6) is 0 Å². The second kappa shape index (κ2) is 5.99. The monoisotopic (exact) mass is 244 g/mol. The summed E-state index contributed by atoms with van der Waals surface area (Å²) in [4.78, 5) is 0. The van der Waals surface area contributed by atoms with Gasteiger partial charge in [0, 0.05) is 12.6 Å². The first-order chi connectivity index (χ1) is 8.80. The molecule has 3 heteroatoms. The fourth-order valence-corrected chi connectivity index (χ4v) is 2.62. The van der Waals surface area contributed by atoms with Gasteiger partial charge in [-0.05, 0) is 37.8 Å². The Bertz CT molecular complexity index is 404. The molecule has 96 valence electrons. The number of nitriles is 1. The average Bonchev–Trinajstić information content (AvgIpc) is 2.38. The number of hydrogen-bond acceptors (Lipinski definition) is 3. The van der Waals surface area contributed by atoms with Crippen LogP contribution in [0, 0.1) is 11.3 Å². The number of benzene rings is 1. The summed E-state index contributed by atoms with van der Waals surface area (Å²) < 4.78 is 0. The van der Waals surface area contributed by atoms with E-state index in [1.807, 2.05) is 30.3 Å². The minimum Gasteiger partial charge on any atom is -0.396 e. The highest BCUT2D eigenvalue weighted by atomic mass is 16.2. The Balaban J connectivity index is 1.83. The second-order valence-electron chi connectivity index (χ2n) is 5.05. The summed E-state index contributed by atoms with van der Waals surface area (Å²) in [6, 6.07) is 13.0. The summed E-state index contributed by atoms with van der Waals surface area (Å²) >= 11 is 0. The molecule has 0 atom stereocenters. The fraction of sp³-hybridized carbons (Fsp3) is 0.533. The highest BCUT2D eigenvalue weighted by Crippen LogP contribution is 2.43. The predicted molar refractivity (Wildman–Crippen MR) is 71.1 cm³/mol. The lowest BCUT2D eigenvalue weighted by molar-refractivity contribution is 0.222. The van der Waals surface area contributed by atoms with Crippen LogP contribution >= 0.6 is 0 Å². The highest BCUT2D eigenvalue weighted by Gasteiger charge is 2.45. The molecule has 0 aromatic heterocycles. The molecule has 1 aromatic carbocycles. The van der Waals surface area contributed by atoms with Gasteiger partial charge in [-0.3, -0.25) is 0 Å². The maximum absolute atomic E-state index is 9.41. The molecular weight excluding hydrogens is 224 g/mol. The van der Waals surface area contributed by atoms with Crippen LogP contribution in [-0.4, -0.2) is 24.3 Å². The van der Waals surface area contributed by atoms with Crippen molar-refractivity contribution in [3.05, 3.63) is 35.9 Å². The van der Waals surface area contributed by atoms with E-state index >= 15 is 0 Å². The topological polar surface area (TPSA) is 56.0 Å². The fourth-order valence-electron chi connectivity index (χ4n) is 2.62. The average molecular weight is 244 g/mol. The lowest BCUT2D eigenvalue weighted by Gasteiger charge is -2.43. The molecule has 1 fully saturated rings. The first-order valence-electron chi connectivity index (χ1n) is 6.62. The molecule has 1 saturated carbocycles. The van der Waals surface area contributed by atoms with Crippen molar-refractivity contribution >= 4 is 0 Å². The Kier molecular flexibility index (Phi) is 4.35.